The number of nitrogens with two attached hydrogens (primary N) is 1. The van der Waals surface area contributed by atoms with Gasteiger partial charge < -0.3 is 15.5 Å². The summed E-state index contributed by atoms with van der Waals surface area (Å²) in [5.74, 6) is 0.664. The van der Waals surface area contributed by atoms with Crippen molar-refractivity contribution in [2.75, 3.05) is 5.32 Å². The summed E-state index contributed by atoms with van der Waals surface area (Å²) in [6.07, 6.45) is 2.99. The fourth-order valence-electron chi connectivity index (χ4n) is 1.56. The third-order valence-electron chi connectivity index (χ3n) is 2.51. The third-order valence-corrected chi connectivity index (χ3v) is 2.51. The number of carbonyl (C=O) groups excluding carboxylic acids is 1. The number of amides is 1. The van der Waals surface area contributed by atoms with Crippen molar-refractivity contribution in [2.45, 2.75) is 26.9 Å². The van der Waals surface area contributed by atoms with Gasteiger partial charge in [-0.3, -0.25) is 4.79 Å². The van der Waals surface area contributed by atoms with E-state index in [2.05, 4.69) is 15.4 Å². The number of hydrogen-bond donors (Lipinski definition) is 2. The van der Waals surface area contributed by atoms with Gasteiger partial charge in [-0.1, -0.05) is 0 Å². The molecular formula is C11H15N5O2. The van der Waals surface area contributed by atoms with Crippen LogP contribution >= 0.6 is 0 Å². The highest BCUT2D eigenvalue weighted by Gasteiger charge is 2.15. The molecule has 0 bridgehead atoms. The summed E-state index contributed by atoms with van der Waals surface area (Å²) in [5.41, 5.74) is 6.47. The molecule has 0 aromatic carbocycles. The summed E-state index contributed by atoms with van der Waals surface area (Å²) >= 11 is 0. The fraction of sp³-hybridized carbons (Fsp3) is 0.364. The van der Waals surface area contributed by atoms with Gasteiger partial charge in [-0.05, 0) is 13.8 Å². The van der Waals surface area contributed by atoms with Crippen molar-refractivity contribution in [3.8, 4) is 0 Å². The number of nitrogens with zero attached hydrogens (tertiary/aromatic N) is 3. The number of oxazole rings is 1. The maximum atomic E-state index is 11.9. The van der Waals surface area contributed by atoms with Crippen molar-refractivity contribution >= 4 is 11.7 Å². The Morgan fingerprint density at radius 3 is 3.00 bits per heavy atom. The van der Waals surface area contributed by atoms with Crippen molar-refractivity contribution in [3.63, 3.8) is 0 Å². The second-order valence-electron chi connectivity index (χ2n) is 3.78. The first kappa shape index (κ1) is 12.3. The number of nitrogens with one attached hydrogen (secondary N) is 1. The predicted octanol–water partition coefficient (Wildman–Crippen LogP) is 0.910. The van der Waals surface area contributed by atoms with Gasteiger partial charge in [0.15, 0.2) is 5.69 Å². The van der Waals surface area contributed by atoms with Crippen LogP contribution in [0.15, 0.2) is 16.9 Å². The minimum atomic E-state index is -0.336. The first-order valence-corrected chi connectivity index (χ1v) is 5.64. The molecule has 1 amide bonds. The molecule has 0 saturated heterocycles. The first-order valence-electron chi connectivity index (χ1n) is 5.64. The molecule has 2 aromatic rings. The van der Waals surface area contributed by atoms with Crippen LogP contribution in [0.4, 0.5) is 5.82 Å². The molecule has 2 aromatic heterocycles. The molecule has 0 saturated carbocycles. The SMILES string of the molecule is CCn1ncc(C)c1NC(=O)c1coc(CN)n1. The Hall–Kier alpha value is -2.15. The minimum Gasteiger partial charge on any atom is -0.447 e. The molecule has 18 heavy (non-hydrogen) atoms. The summed E-state index contributed by atoms with van der Waals surface area (Å²) in [6.45, 7) is 4.67. The van der Waals surface area contributed by atoms with Gasteiger partial charge in [-0.25, -0.2) is 9.67 Å². The normalized spacial score (nSPS) is 10.6. The Bertz CT molecular complexity index is 558. The standard InChI is InChI=1S/C11H15N5O2/c1-3-16-10(7(2)5-13-16)15-11(17)8-6-18-9(4-12)14-8/h5-6H,3-4,12H2,1-2H3,(H,15,17). The zero-order chi connectivity index (χ0) is 13.1. The van der Waals surface area contributed by atoms with Crippen LogP contribution in [0.25, 0.3) is 0 Å². The Labute approximate surface area is 104 Å². The van der Waals surface area contributed by atoms with E-state index in [9.17, 15) is 4.79 Å². The molecule has 3 N–H and O–H groups in total. The van der Waals surface area contributed by atoms with Crippen LogP contribution in [0.5, 0.6) is 0 Å². The van der Waals surface area contributed by atoms with Crippen LogP contribution in [0, 0.1) is 6.92 Å². The maximum absolute atomic E-state index is 11.9. The van der Waals surface area contributed by atoms with Crippen molar-refractivity contribution in [1.29, 1.82) is 0 Å². The number of rotatable bonds is 4. The zero-order valence-electron chi connectivity index (χ0n) is 10.3. The van der Waals surface area contributed by atoms with Crippen LogP contribution < -0.4 is 11.1 Å². The molecule has 0 atom stereocenters. The molecule has 0 spiro atoms. The summed E-state index contributed by atoms with van der Waals surface area (Å²) in [4.78, 5) is 15.9. The molecule has 0 unspecified atom stereocenters. The highest BCUT2D eigenvalue weighted by Crippen LogP contribution is 2.15. The number of hydrogen-bond acceptors (Lipinski definition) is 5. The van der Waals surface area contributed by atoms with E-state index in [1.54, 1.807) is 10.9 Å². The minimum absolute atomic E-state index is 0.166. The lowest BCUT2D eigenvalue weighted by molar-refractivity contribution is 0.102. The lowest BCUT2D eigenvalue weighted by atomic mass is 10.3. The van der Waals surface area contributed by atoms with Crippen LogP contribution in [0.1, 0.15) is 28.9 Å². The van der Waals surface area contributed by atoms with E-state index < -0.39 is 0 Å². The molecule has 7 nitrogen and oxygen atoms in total. The van der Waals surface area contributed by atoms with Crippen LogP contribution in [0.2, 0.25) is 0 Å². The highest BCUT2D eigenvalue weighted by atomic mass is 16.3. The lowest BCUT2D eigenvalue weighted by Gasteiger charge is -2.06. The van der Waals surface area contributed by atoms with Crippen molar-refractivity contribution < 1.29 is 9.21 Å². The number of carbonyl (C=O) groups is 1. The topological polar surface area (TPSA) is 99.0 Å². The number of aryl methyl sites for hydroxylation is 2. The molecule has 0 radical (unpaired) electrons. The van der Waals surface area contributed by atoms with Crippen molar-refractivity contribution in [2.24, 2.45) is 5.73 Å². The predicted molar refractivity (Wildman–Crippen MR) is 65.0 cm³/mol. The van der Waals surface area contributed by atoms with Crippen LogP contribution in [-0.2, 0) is 13.1 Å². The Kier molecular flexibility index (Phi) is 3.42. The average molecular weight is 249 g/mol. The molecule has 7 heteroatoms. The van der Waals surface area contributed by atoms with Gasteiger partial charge in [0.25, 0.3) is 5.91 Å². The van der Waals surface area contributed by atoms with E-state index in [0.717, 1.165) is 5.56 Å². The molecule has 0 aliphatic carbocycles. The first-order chi connectivity index (χ1) is 8.65. The second-order valence-corrected chi connectivity index (χ2v) is 3.78. The van der Waals surface area contributed by atoms with E-state index in [0.29, 0.717) is 18.3 Å². The van der Waals surface area contributed by atoms with Gasteiger partial charge in [0.05, 0.1) is 12.7 Å². The fourth-order valence-corrected chi connectivity index (χ4v) is 1.56. The van der Waals surface area contributed by atoms with Gasteiger partial charge >= 0.3 is 0 Å². The third kappa shape index (κ3) is 2.25. The molecule has 2 rings (SSSR count). The zero-order valence-corrected chi connectivity index (χ0v) is 10.3. The van der Waals surface area contributed by atoms with Gasteiger partial charge in [0, 0.05) is 12.1 Å². The average Bonchev–Trinajstić information content (AvgIpc) is 2.97. The van der Waals surface area contributed by atoms with Crippen molar-refractivity contribution in [3.05, 3.63) is 29.6 Å². The van der Waals surface area contributed by atoms with E-state index in [1.807, 2.05) is 13.8 Å². The smallest absolute Gasteiger partial charge is 0.278 e. The molecule has 96 valence electrons. The quantitative estimate of drug-likeness (QED) is 0.839. The molecular weight excluding hydrogens is 234 g/mol. The second kappa shape index (κ2) is 5.01. The Balaban J connectivity index is 2.18. The monoisotopic (exact) mass is 249 g/mol. The summed E-state index contributed by atoms with van der Waals surface area (Å²) < 4.78 is 6.73. The number of aromatic nitrogens is 3. The summed E-state index contributed by atoms with van der Waals surface area (Å²) in [5, 5.41) is 6.90. The molecule has 2 heterocycles. The van der Waals surface area contributed by atoms with E-state index in [1.165, 1.54) is 6.26 Å². The van der Waals surface area contributed by atoms with Gasteiger partial charge in [0.1, 0.15) is 12.1 Å². The Morgan fingerprint density at radius 2 is 2.39 bits per heavy atom. The van der Waals surface area contributed by atoms with E-state index >= 15 is 0 Å². The Morgan fingerprint density at radius 1 is 1.61 bits per heavy atom. The molecule has 0 aliphatic heterocycles. The molecule has 0 fully saturated rings. The van der Waals surface area contributed by atoms with E-state index in [4.69, 9.17) is 10.2 Å². The maximum Gasteiger partial charge on any atom is 0.278 e. The van der Waals surface area contributed by atoms with Gasteiger partial charge in [-0.2, -0.15) is 5.10 Å². The van der Waals surface area contributed by atoms with Gasteiger partial charge in [0.2, 0.25) is 5.89 Å². The van der Waals surface area contributed by atoms with E-state index in [-0.39, 0.29) is 18.1 Å². The van der Waals surface area contributed by atoms with Crippen LogP contribution in [-0.4, -0.2) is 20.7 Å². The van der Waals surface area contributed by atoms with Crippen molar-refractivity contribution in [1.82, 2.24) is 14.8 Å². The summed E-state index contributed by atoms with van der Waals surface area (Å²) in [7, 11) is 0. The lowest BCUT2D eigenvalue weighted by Crippen LogP contribution is -2.16. The summed E-state index contributed by atoms with van der Waals surface area (Å²) in [6, 6.07) is 0. The van der Waals surface area contributed by atoms with Crippen LogP contribution in [0.3, 0.4) is 0 Å². The highest BCUT2D eigenvalue weighted by molar-refractivity contribution is 6.02. The number of anilines is 1. The van der Waals surface area contributed by atoms with Gasteiger partial charge in [-0.15, -0.1) is 0 Å². The molecule has 0 aliphatic rings. The largest absolute Gasteiger partial charge is 0.447 e.